The zero-order valence-electron chi connectivity index (χ0n) is 10.4. The maximum absolute atomic E-state index is 12.2. The number of benzene rings is 1. The van der Waals surface area contributed by atoms with Crippen molar-refractivity contribution >= 4 is 5.78 Å². The number of hydrogen-bond donors (Lipinski definition) is 1. The van der Waals surface area contributed by atoms with Crippen LogP contribution in [0.25, 0.3) is 0 Å². The van der Waals surface area contributed by atoms with Crippen molar-refractivity contribution < 1.29 is 9.53 Å². The minimum atomic E-state index is -0.00991. The summed E-state index contributed by atoms with van der Waals surface area (Å²) in [6, 6.07) is 7.45. The Hall–Kier alpha value is -1.35. The second-order valence-electron chi connectivity index (χ2n) is 4.71. The molecule has 3 nitrogen and oxygen atoms in total. The fourth-order valence-electron chi connectivity index (χ4n) is 2.10. The van der Waals surface area contributed by atoms with E-state index in [0.29, 0.717) is 0 Å². The third kappa shape index (κ3) is 3.07. The van der Waals surface area contributed by atoms with Crippen LogP contribution < -0.4 is 10.1 Å². The molecular weight excluding hydrogens is 214 g/mol. The van der Waals surface area contributed by atoms with Crippen molar-refractivity contribution in [2.75, 3.05) is 6.54 Å². The maximum atomic E-state index is 12.2. The van der Waals surface area contributed by atoms with E-state index in [9.17, 15) is 4.79 Å². The molecule has 0 aliphatic carbocycles. The number of rotatable bonds is 4. The summed E-state index contributed by atoms with van der Waals surface area (Å²) in [5.41, 5.74) is 0.738. The van der Waals surface area contributed by atoms with E-state index < -0.39 is 0 Å². The molecular formula is C14H19NO2. The van der Waals surface area contributed by atoms with Crippen LogP contribution in [0, 0.1) is 0 Å². The molecule has 0 radical (unpaired) electrons. The number of ketones is 1. The fourth-order valence-corrected chi connectivity index (χ4v) is 2.10. The third-order valence-electron chi connectivity index (χ3n) is 2.87. The zero-order valence-corrected chi connectivity index (χ0v) is 10.4. The highest BCUT2D eigenvalue weighted by Crippen LogP contribution is 2.18. The summed E-state index contributed by atoms with van der Waals surface area (Å²) in [4.78, 5) is 12.2. The first-order valence-corrected chi connectivity index (χ1v) is 6.21. The monoisotopic (exact) mass is 233 g/mol. The molecule has 1 N–H and O–H groups in total. The Labute approximate surface area is 102 Å². The molecule has 1 aromatic carbocycles. The Morgan fingerprint density at radius 3 is 2.94 bits per heavy atom. The number of carbonyl (C=O) groups excluding carboxylic acids is 1. The number of carbonyl (C=O) groups is 1. The Morgan fingerprint density at radius 1 is 1.47 bits per heavy atom. The van der Waals surface area contributed by atoms with Gasteiger partial charge in [-0.05, 0) is 45.4 Å². The van der Waals surface area contributed by atoms with Crippen LogP contribution in [0.4, 0.5) is 0 Å². The van der Waals surface area contributed by atoms with Crippen molar-refractivity contribution in [2.24, 2.45) is 0 Å². The summed E-state index contributed by atoms with van der Waals surface area (Å²) in [7, 11) is 0. The van der Waals surface area contributed by atoms with Crippen LogP contribution >= 0.6 is 0 Å². The molecule has 3 heteroatoms. The summed E-state index contributed by atoms with van der Waals surface area (Å²) >= 11 is 0. The van der Waals surface area contributed by atoms with Gasteiger partial charge in [-0.15, -0.1) is 0 Å². The molecule has 0 saturated carbocycles. The molecule has 1 aliphatic rings. The third-order valence-corrected chi connectivity index (χ3v) is 2.87. The first-order chi connectivity index (χ1) is 8.16. The van der Waals surface area contributed by atoms with Gasteiger partial charge >= 0.3 is 0 Å². The molecule has 2 rings (SSSR count). The molecule has 0 amide bonds. The van der Waals surface area contributed by atoms with Crippen molar-refractivity contribution in [1.29, 1.82) is 0 Å². The predicted octanol–water partition coefficient (Wildman–Crippen LogP) is 2.41. The zero-order chi connectivity index (χ0) is 12.3. The van der Waals surface area contributed by atoms with Crippen molar-refractivity contribution in [1.82, 2.24) is 5.32 Å². The standard InChI is InChI=1S/C14H19NO2/c1-10(2)17-12-6-3-5-11(9-12)14(16)13-7-4-8-15-13/h3,5-6,9-10,13,15H,4,7-8H2,1-2H3. The lowest BCUT2D eigenvalue weighted by Gasteiger charge is -2.12. The van der Waals surface area contributed by atoms with E-state index in [1.807, 2.05) is 38.1 Å². The lowest BCUT2D eigenvalue weighted by atomic mass is 10.0. The predicted molar refractivity (Wildman–Crippen MR) is 67.6 cm³/mol. The van der Waals surface area contributed by atoms with Crippen molar-refractivity contribution in [2.45, 2.75) is 38.8 Å². The Kier molecular flexibility index (Phi) is 3.79. The SMILES string of the molecule is CC(C)Oc1cccc(C(=O)C2CCCN2)c1. The van der Waals surface area contributed by atoms with E-state index in [-0.39, 0.29) is 17.9 Å². The molecule has 1 saturated heterocycles. The summed E-state index contributed by atoms with van der Waals surface area (Å²) in [5, 5.41) is 3.22. The molecule has 17 heavy (non-hydrogen) atoms. The molecule has 1 unspecified atom stereocenters. The van der Waals surface area contributed by atoms with Gasteiger partial charge in [0.25, 0.3) is 0 Å². The van der Waals surface area contributed by atoms with Crippen LogP contribution in [-0.2, 0) is 0 Å². The second kappa shape index (κ2) is 5.32. The highest BCUT2D eigenvalue weighted by Gasteiger charge is 2.23. The van der Waals surface area contributed by atoms with Crippen molar-refractivity contribution in [3.8, 4) is 5.75 Å². The largest absolute Gasteiger partial charge is 0.491 e. The van der Waals surface area contributed by atoms with Crippen LogP contribution in [-0.4, -0.2) is 24.5 Å². The Morgan fingerprint density at radius 2 is 2.29 bits per heavy atom. The van der Waals surface area contributed by atoms with Gasteiger partial charge in [0.1, 0.15) is 5.75 Å². The first-order valence-electron chi connectivity index (χ1n) is 6.21. The summed E-state index contributed by atoms with van der Waals surface area (Å²) in [5.74, 6) is 0.945. The van der Waals surface area contributed by atoms with Crippen LogP contribution in [0.5, 0.6) is 5.75 Å². The van der Waals surface area contributed by atoms with E-state index in [4.69, 9.17) is 4.74 Å². The average molecular weight is 233 g/mol. The average Bonchev–Trinajstić information content (AvgIpc) is 2.81. The van der Waals surface area contributed by atoms with E-state index in [0.717, 1.165) is 30.7 Å². The summed E-state index contributed by atoms with van der Waals surface area (Å²) in [6.45, 7) is 4.90. The maximum Gasteiger partial charge on any atom is 0.179 e. The van der Waals surface area contributed by atoms with Crippen molar-refractivity contribution in [3.05, 3.63) is 29.8 Å². The minimum Gasteiger partial charge on any atom is -0.491 e. The van der Waals surface area contributed by atoms with Crippen LogP contribution in [0.1, 0.15) is 37.0 Å². The fraction of sp³-hybridized carbons (Fsp3) is 0.500. The lowest BCUT2D eigenvalue weighted by molar-refractivity contribution is 0.0951. The van der Waals surface area contributed by atoms with Crippen LogP contribution in [0.15, 0.2) is 24.3 Å². The van der Waals surface area contributed by atoms with Gasteiger partial charge in [-0.3, -0.25) is 4.79 Å². The number of nitrogens with one attached hydrogen (secondary N) is 1. The number of Topliss-reactive ketones (excluding diaryl/α,β-unsaturated/α-hetero) is 1. The van der Waals surface area contributed by atoms with E-state index in [1.165, 1.54) is 0 Å². The van der Waals surface area contributed by atoms with Gasteiger partial charge in [0.2, 0.25) is 0 Å². The van der Waals surface area contributed by atoms with Crippen LogP contribution in [0.2, 0.25) is 0 Å². The molecule has 1 aliphatic heterocycles. The topological polar surface area (TPSA) is 38.3 Å². The minimum absolute atomic E-state index is 0.00991. The molecule has 0 spiro atoms. The lowest BCUT2D eigenvalue weighted by Crippen LogP contribution is -2.30. The molecule has 1 heterocycles. The van der Waals surface area contributed by atoms with Gasteiger partial charge in [0.05, 0.1) is 12.1 Å². The van der Waals surface area contributed by atoms with E-state index in [2.05, 4.69) is 5.32 Å². The Balaban J connectivity index is 2.12. The molecule has 0 aromatic heterocycles. The normalized spacial score (nSPS) is 19.6. The van der Waals surface area contributed by atoms with E-state index >= 15 is 0 Å². The number of ether oxygens (including phenoxy) is 1. The van der Waals surface area contributed by atoms with Crippen molar-refractivity contribution in [3.63, 3.8) is 0 Å². The van der Waals surface area contributed by atoms with Gasteiger partial charge in [-0.1, -0.05) is 12.1 Å². The van der Waals surface area contributed by atoms with Gasteiger partial charge in [0, 0.05) is 5.56 Å². The second-order valence-corrected chi connectivity index (χ2v) is 4.71. The molecule has 0 bridgehead atoms. The molecule has 1 fully saturated rings. The smallest absolute Gasteiger partial charge is 0.179 e. The quantitative estimate of drug-likeness (QED) is 0.812. The van der Waals surface area contributed by atoms with Crippen LogP contribution in [0.3, 0.4) is 0 Å². The van der Waals surface area contributed by atoms with Gasteiger partial charge in [0.15, 0.2) is 5.78 Å². The number of hydrogen-bond acceptors (Lipinski definition) is 3. The highest BCUT2D eigenvalue weighted by atomic mass is 16.5. The Bertz CT molecular complexity index is 395. The summed E-state index contributed by atoms with van der Waals surface area (Å²) in [6.07, 6.45) is 2.15. The molecule has 1 atom stereocenters. The summed E-state index contributed by atoms with van der Waals surface area (Å²) < 4.78 is 5.60. The van der Waals surface area contributed by atoms with Gasteiger partial charge in [-0.2, -0.15) is 0 Å². The first kappa shape index (κ1) is 12.1. The highest BCUT2D eigenvalue weighted by molar-refractivity contribution is 6.00. The molecule has 92 valence electrons. The van der Waals surface area contributed by atoms with Gasteiger partial charge in [-0.25, -0.2) is 0 Å². The molecule has 1 aromatic rings. The van der Waals surface area contributed by atoms with E-state index in [1.54, 1.807) is 0 Å². The van der Waals surface area contributed by atoms with Gasteiger partial charge < -0.3 is 10.1 Å².